The number of fused-ring (bicyclic) bond motifs is 1. The molecule has 0 radical (unpaired) electrons. The molecule has 1 aliphatic heterocycles. The van der Waals surface area contributed by atoms with E-state index in [4.69, 9.17) is 4.84 Å². The zero-order valence-corrected chi connectivity index (χ0v) is 20.9. The van der Waals surface area contributed by atoms with E-state index >= 15 is 0 Å². The number of thiophene rings is 1. The number of carbonyl (C=O) groups is 2. The summed E-state index contributed by atoms with van der Waals surface area (Å²) in [4.78, 5) is 44.5. The van der Waals surface area contributed by atoms with Crippen molar-refractivity contribution in [3.63, 3.8) is 0 Å². The standard InChI is InChI=1S/C26H26N6O3S/c1-4-17-9-16(12-36-17)11-27-25(33)22-10-23(29-13-28-22)26(34)31-21-8-7-18-14(2)19(5-6-20(18)21)24-30-15(3)35-32-24/h5-6,9-10,12-13,21H,3-4,7-8,11H2,1-2H3,(H,27,33)(H,30,32)(H,31,34)/t21-/m0/s1. The first-order valence-electron chi connectivity index (χ1n) is 11.7. The fraction of sp³-hybridized carbons (Fsp3) is 0.269. The summed E-state index contributed by atoms with van der Waals surface area (Å²) < 4.78 is 0. The molecular weight excluding hydrogens is 476 g/mol. The Morgan fingerprint density at radius 3 is 2.75 bits per heavy atom. The molecule has 2 aromatic heterocycles. The molecular formula is C26H26N6O3S. The van der Waals surface area contributed by atoms with Crippen molar-refractivity contribution >= 4 is 29.0 Å². The van der Waals surface area contributed by atoms with Gasteiger partial charge in [0.2, 0.25) is 5.88 Å². The average molecular weight is 503 g/mol. The predicted molar refractivity (Wildman–Crippen MR) is 137 cm³/mol. The molecule has 0 saturated heterocycles. The van der Waals surface area contributed by atoms with E-state index in [2.05, 4.69) is 50.6 Å². The molecule has 10 heteroatoms. The van der Waals surface area contributed by atoms with Crippen LogP contribution >= 0.6 is 11.3 Å². The topological polar surface area (TPSA) is 118 Å². The lowest BCUT2D eigenvalue weighted by Crippen LogP contribution is -2.29. The number of carbonyl (C=O) groups excluding carboxylic acids is 2. The molecule has 2 aliphatic rings. The van der Waals surface area contributed by atoms with Gasteiger partial charge in [0.1, 0.15) is 17.7 Å². The summed E-state index contributed by atoms with van der Waals surface area (Å²) in [5.41, 5.74) is 8.43. The van der Waals surface area contributed by atoms with Crippen LogP contribution in [0.25, 0.3) is 0 Å². The van der Waals surface area contributed by atoms with Crippen LogP contribution in [0.1, 0.15) is 73.1 Å². The van der Waals surface area contributed by atoms with Gasteiger partial charge < -0.3 is 15.5 Å². The molecule has 3 heterocycles. The molecule has 0 fully saturated rings. The maximum Gasteiger partial charge on any atom is 0.270 e. The van der Waals surface area contributed by atoms with Crippen molar-refractivity contribution in [2.75, 3.05) is 0 Å². The highest BCUT2D eigenvalue weighted by atomic mass is 32.1. The fourth-order valence-electron chi connectivity index (χ4n) is 4.49. The summed E-state index contributed by atoms with van der Waals surface area (Å²) in [6, 6.07) is 7.33. The van der Waals surface area contributed by atoms with Gasteiger partial charge in [-0.15, -0.1) is 11.3 Å². The first kappa shape index (κ1) is 23.7. The summed E-state index contributed by atoms with van der Waals surface area (Å²) in [7, 11) is 0. The number of aryl methyl sites for hydroxylation is 1. The summed E-state index contributed by atoms with van der Waals surface area (Å²) in [6.45, 7) is 8.24. The van der Waals surface area contributed by atoms with Crippen molar-refractivity contribution < 1.29 is 14.4 Å². The maximum atomic E-state index is 13.0. The third kappa shape index (κ3) is 4.72. The van der Waals surface area contributed by atoms with E-state index in [1.54, 1.807) is 11.3 Å². The number of aliphatic imine (C=N–C) groups is 1. The molecule has 36 heavy (non-hydrogen) atoms. The van der Waals surface area contributed by atoms with E-state index in [0.717, 1.165) is 41.5 Å². The van der Waals surface area contributed by atoms with Crippen molar-refractivity contribution in [3.05, 3.63) is 92.5 Å². The van der Waals surface area contributed by atoms with Gasteiger partial charge in [-0.25, -0.2) is 15.4 Å². The SMILES string of the molecule is C=C1N=C(c2ccc3c(c2C)CC[C@@H]3NC(=O)c2cc(C(=O)NCc3csc(CC)c3)ncn2)NO1. The van der Waals surface area contributed by atoms with Gasteiger partial charge in [-0.3, -0.25) is 9.59 Å². The highest BCUT2D eigenvalue weighted by molar-refractivity contribution is 7.10. The molecule has 5 rings (SSSR count). The van der Waals surface area contributed by atoms with Crippen LogP contribution in [0.2, 0.25) is 0 Å². The van der Waals surface area contributed by atoms with Crippen molar-refractivity contribution in [3.8, 4) is 0 Å². The molecule has 0 spiro atoms. The Hall–Kier alpha value is -4.05. The van der Waals surface area contributed by atoms with Crippen LogP contribution < -0.4 is 16.1 Å². The summed E-state index contributed by atoms with van der Waals surface area (Å²) in [5, 5.41) is 7.95. The van der Waals surface area contributed by atoms with Crippen LogP contribution in [0.3, 0.4) is 0 Å². The first-order valence-corrected chi connectivity index (χ1v) is 12.6. The van der Waals surface area contributed by atoms with Gasteiger partial charge in [0.25, 0.3) is 11.8 Å². The Kier molecular flexibility index (Phi) is 6.51. The van der Waals surface area contributed by atoms with Gasteiger partial charge in [0.15, 0.2) is 5.84 Å². The van der Waals surface area contributed by atoms with E-state index in [1.165, 1.54) is 22.8 Å². The average Bonchev–Trinajstić information content (AvgIpc) is 3.63. The van der Waals surface area contributed by atoms with E-state index in [9.17, 15) is 9.59 Å². The van der Waals surface area contributed by atoms with Gasteiger partial charge in [0.05, 0.1) is 6.04 Å². The van der Waals surface area contributed by atoms with Crippen LogP contribution in [0.5, 0.6) is 0 Å². The number of benzene rings is 1. The summed E-state index contributed by atoms with van der Waals surface area (Å²) in [5.74, 6) is 0.262. The monoisotopic (exact) mass is 502 g/mol. The fourth-order valence-corrected chi connectivity index (χ4v) is 5.33. The van der Waals surface area contributed by atoms with Gasteiger partial charge in [-0.1, -0.05) is 19.1 Å². The molecule has 0 unspecified atom stereocenters. The van der Waals surface area contributed by atoms with Gasteiger partial charge in [0, 0.05) is 23.1 Å². The highest BCUT2D eigenvalue weighted by Crippen LogP contribution is 2.35. The van der Waals surface area contributed by atoms with Crippen molar-refractivity contribution in [2.24, 2.45) is 4.99 Å². The lowest BCUT2D eigenvalue weighted by molar-refractivity contribution is 0.0931. The quantitative estimate of drug-likeness (QED) is 0.455. The second-order valence-electron chi connectivity index (χ2n) is 8.67. The van der Waals surface area contributed by atoms with Gasteiger partial charge >= 0.3 is 0 Å². The number of amidine groups is 1. The Balaban J connectivity index is 1.26. The molecule has 1 atom stereocenters. The molecule has 9 nitrogen and oxygen atoms in total. The van der Waals surface area contributed by atoms with E-state index in [-0.39, 0.29) is 29.2 Å². The minimum atomic E-state index is -0.347. The van der Waals surface area contributed by atoms with Crippen LogP contribution in [-0.4, -0.2) is 27.6 Å². The van der Waals surface area contributed by atoms with Crippen LogP contribution in [0, 0.1) is 6.92 Å². The lowest BCUT2D eigenvalue weighted by Gasteiger charge is -2.16. The second kappa shape index (κ2) is 9.90. The largest absolute Gasteiger partial charge is 0.361 e. The normalized spacial score (nSPS) is 16.1. The second-order valence-corrected chi connectivity index (χ2v) is 9.67. The molecule has 0 bridgehead atoms. The molecule has 0 saturated carbocycles. The number of rotatable bonds is 7. The van der Waals surface area contributed by atoms with Crippen molar-refractivity contribution in [1.29, 1.82) is 0 Å². The third-order valence-corrected chi connectivity index (χ3v) is 7.53. The number of aromatic nitrogens is 2. The minimum absolute atomic E-state index is 0.150. The van der Waals surface area contributed by atoms with Crippen LogP contribution in [-0.2, 0) is 24.2 Å². The van der Waals surface area contributed by atoms with Crippen molar-refractivity contribution in [2.45, 2.75) is 45.7 Å². The van der Waals surface area contributed by atoms with E-state index in [1.807, 2.05) is 24.4 Å². The minimum Gasteiger partial charge on any atom is -0.361 e. The van der Waals surface area contributed by atoms with Gasteiger partial charge in [-0.05, 0) is 66.5 Å². The van der Waals surface area contributed by atoms with Crippen LogP contribution in [0.15, 0.2) is 53.4 Å². The maximum absolute atomic E-state index is 13.0. The highest BCUT2D eigenvalue weighted by Gasteiger charge is 2.28. The Morgan fingerprint density at radius 2 is 2.03 bits per heavy atom. The molecule has 184 valence electrons. The third-order valence-electron chi connectivity index (χ3n) is 6.40. The van der Waals surface area contributed by atoms with E-state index in [0.29, 0.717) is 18.3 Å². The molecule has 3 aromatic rings. The van der Waals surface area contributed by atoms with E-state index < -0.39 is 0 Å². The zero-order valence-electron chi connectivity index (χ0n) is 20.1. The Bertz CT molecular complexity index is 1400. The number of nitrogens with one attached hydrogen (secondary N) is 3. The zero-order chi connectivity index (χ0) is 25.2. The molecule has 3 N–H and O–H groups in total. The predicted octanol–water partition coefficient (Wildman–Crippen LogP) is 3.51. The molecule has 1 aromatic carbocycles. The number of amides is 2. The first-order chi connectivity index (χ1) is 17.4. The Morgan fingerprint density at radius 1 is 1.22 bits per heavy atom. The number of hydrogen-bond acceptors (Lipinski definition) is 8. The number of hydrogen-bond donors (Lipinski definition) is 3. The smallest absolute Gasteiger partial charge is 0.270 e. The summed E-state index contributed by atoms with van der Waals surface area (Å²) in [6.07, 6.45) is 3.81. The molecule has 1 aliphatic carbocycles. The number of nitrogens with zero attached hydrogens (tertiary/aromatic N) is 3. The summed E-state index contributed by atoms with van der Waals surface area (Å²) >= 11 is 1.67. The van der Waals surface area contributed by atoms with Gasteiger partial charge in [-0.2, -0.15) is 4.99 Å². The van der Waals surface area contributed by atoms with Crippen LogP contribution in [0.4, 0.5) is 0 Å². The Labute approximate surface area is 212 Å². The van der Waals surface area contributed by atoms with Crippen molar-refractivity contribution in [1.82, 2.24) is 26.1 Å². The molecule has 2 amide bonds. The lowest BCUT2D eigenvalue weighted by atomic mass is 9.97. The number of hydroxylamine groups is 1.